The fourth-order valence-electron chi connectivity index (χ4n) is 3.84. The number of thiazole rings is 2. The number of sulfonamides is 2. The Morgan fingerprint density at radius 3 is 1.32 bits per heavy atom. The molecule has 0 amide bonds. The number of rotatable bonds is 7. The van der Waals surface area contributed by atoms with E-state index in [-0.39, 0.29) is 20.1 Å². The molecule has 2 N–H and O–H groups in total. The zero-order valence-electron chi connectivity index (χ0n) is 19.4. The predicted molar refractivity (Wildman–Crippen MR) is 153 cm³/mol. The average molecular weight is 579 g/mol. The molecule has 6 aromatic rings. The molecule has 6 rings (SSSR count). The van der Waals surface area contributed by atoms with Gasteiger partial charge in [-0.2, -0.15) is 0 Å². The Balaban J connectivity index is 1.27. The monoisotopic (exact) mass is 578 g/mol. The van der Waals surface area contributed by atoms with Crippen molar-refractivity contribution in [1.82, 2.24) is 9.97 Å². The van der Waals surface area contributed by atoms with Crippen molar-refractivity contribution in [1.29, 1.82) is 0 Å². The highest BCUT2D eigenvalue weighted by molar-refractivity contribution is 7.93. The second-order valence-electron chi connectivity index (χ2n) is 8.24. The Morgan fingerprint density at radius 2 is 0.921 bits per heavy atom. The molecule has 8 nitrogen and oxygen atoms in total. The van der Waals surface area contributed by atoms with Crippen LogP contribution in [0.25, 0.3) is 31.6 Å². The molecule has 2 aromatic heterocycles. The van der Waals surface area contributed by atoms with Crippen LogP contribution in [0.4, 0.5) is 10.3 Å². The van der Waals surface area contributed by atoms with Crippen LogP contribution in [0.5, 0.6) is 0 Å². The largest absolute Gasteiger partial charge is 0.263 e. The van der Waals surface area contributed by atoms with Gasteiger partial charge in [-0.1, -0.05) is 71.2 Å². The maximum Gasteiger partial charge on any atom is 0.263 e. The van der Waals surface area contributed by atoms with Crippen molar-refractivity contribution in [2.45, 2.75) is 9.79 Å². The summed E-state index contributed by atoms with van der Waals surface area (Å²) in [5.74, 6) is 0. The summed E-state index contributed by atoms with van der Waals surface area (Å²) in [6, 6.07) is 27.7. The first-order valence-electron chi connectivity index (χ1n) is 11.2. The van der Waals surface area contributed by atoms with Gasteiger partial charge in [-0.3, -0.25) is 9.44 Å². The van der Waals surface area contributed by atoms with E-state index in [1.54, 1.807) is 36.4 Å². The first kappa shape index (κ1) is 24.5. The van der Waals surface area contributed by atoms with Crippen molar-refractivity contribution in [3.8, 4) is 11.1 Å². The van der Waals surface area contributed by atoms with Gasteiger partial charge in [0.1, 0.15) is 0 Å². The molecule has 12 heteroatoms. The van der Waals surface area contributed by atoms with Crippen molar-refractivity contribution in [3.05, 3.63) is 97.1 Å². The van der Waals surface area contributed by atoms with Gasteiger partial charge in [-0.15, -0.1) is 0 Å². The molecule has 0 atom stereocenters. The highest BCUT2D eigenvalue weighted by Gasteiger charge is 2.18. The molecule has 0 aliphatic carbocycles. The fourth-order valence-corrected chi connectivity index (χ4v) is 8.16. The predicted octanol–water partition coefficient (Wildman–Crippen LogP) is 6.17. The fraction of sp³-hybridized carbons (Fsp3) is 0. The van der Waals surface area contributed by atoms with Crippen molar-refractivity contribution in [3.63, 3.8) is 0 Å². The van der Waals surface area contributed by atoms with Crippen molar-refractivity contribution in [2.75, 3.05) is 9.44 Å². The summed E-state index contributed by atoms with van der Waals surface area (Å²) in [5, 5.41) is 0.573. The first-order chi connectivity index (χ1) is 18.3. The van der Waals surface area contributed by atoms with Crippen LogP contribution in [-0.4, -0.2) is 26.8 Å². The van der Waals surface area contributed by atoms with E-state index in [0.29, 0.717) is 11.0 Å². The minimum atomic E-state index is -3.73. The molecule has 0 unspecified atom stereocenters. The van der Waals surface area contributed by atoms with Gasteiger partial charge in [0.15, 0.2) is 10.3 Å². The molecule has 0 fully saturated rings. The van der Waals surface area contributed by atoms with Crippen LogP contribution in [0.15, 0.2) is 107 Å². The summed E-state index contributed by atoms with van der Waals surface area (Å²) in [6.45, 7) is 0. The van der Waals surface area contributed by atoms with Crippen LogP contribution in [-0.2, 0) is 20.0 Å². The molecule has 0 spiro atoms. The molecule has 0 saturated heterocycles. The van der Waals surface area contributed by atoms with Crippen LogP contribution < -0.4 is 9.44 Å². The van der Waals surface area contributed by atoms with Gasteiger partial charge in [0, 0.05) is 0 Å². The summed E-state index contributed by atoms with van der Waals surface area (Å²) >= 11 is 2.50. The zero-order valence-corrected chi connectivity index (χ0v) is 22.7. The van der Waals surface area contributed by atoms with Gasteiger partial charge < -0.3 is 0 Å². The van der Waals surface area contributed by atoms with Crippen molar-refractivity contribution in [2.24, 2.45) is 0 Å². The smallest absolute Gasteiger partial charge is 0.255 e. The van der Waals surface area contributed by atoms with Crippen LogP contribution in [0, 0.1) is 0 Å². The number of aromatic nitrogens is 2. The topological polar surface area (TPSA) is 118 Å². The van der Waals surface area contributed by atoms with E-state index in [0.717, 1.165) is 20.5 Å². The molecule has 0 radical (unpaired) electrons. The Bertz CT molecular complexity index is 1860. The standard InChI is InChI=1S/C26H18N4O4S4/c31-37(32,19-7-3-1-4-8-19)29-25-27-21-13-11-17(15-23(21)35-25)18-12-14-22-24(16-18)36-26(28-22)30-38(33,34)20-9-5-2-6-10-20/h1-16H,(H,27,29)(H,28,30). The number of nitrogens with one attached hydrogen (secondary N) is 2. The number of fused-ring (bicyclic) bond motifs is 2. The molecule has 0 saturated carbocycles. The van der Waals surface area contributed by atoms with E-state index in [4.69, 9.17) is 0 Å². The van der Waals surface area contributed by atoms with Gasteiger partial charge in [0.25, 0.3) is 20.0 Å². The summed E-state index contributed by atoms with van der Waals surface area (Å²) in [5.41, 5.74) is 3.20. The van der Waals surface area contributed by atoms with Crippen molar-refractivity contribution < 1.29 is 16.8 Å². The lowest BCUT2D eigenvalue weighted by Gasteiger charge is -2.03. The molecule has 4 aromatic carbocycles. The van der Waals surface area contributed by atoms with Gasteiger partial charge in [-0.05, 0) is 59.7 Å². The SMILES string of the molecule is O=S(=O)(Nc1nc2ccc(-c3ccc4nc(NS(=O)(=O)c5ccccc5)sc4c3)cc2s1)c1ccccc1. The molecule has 190 valence electrons. The van der Waals surface area contributed by atoms with Crippen molar-refractivity contribution >= 4 is 73.4 Å². The Kier molecular flexibility index (Phi) is 6.11. The second kappa shape index (κ2) is 9.48. The highest BCUT2D eigenvalue weighted by atomic mass is 32.2. The quantitative estimate of drug-likeness (QED) is 0.234. The Morgan fingerprint density at radius 1 is 0.526 bits per heavy atom. The second-order valence-corrected chi connectivity index (χ2v) is 13.7. The summed E-state index contributed by atoms with van der Waals surface area (Å²) < 4.78 is 57.4. The number of hydrogen-bond acceptors (Lipinski definition) is 8. The molecular formula is C26H18N4O4S4. The molecule has 0 aliphatic rings. The lowest BCUT2D eigenvalue weighted by Crippen LogP contribution is -2.12. The van der Waals surface area contributed by atoms with Gasteiger partial charge in [0.05, 0.1) is 30.2 Å². The third-order valence-electron chi connectivity index (χ3n) is 5.66. The Hall–Kier alpha value is -3.84. The van der Waals surface area contributed by atoms with E-state index < -0.39 is 20.0 Å². The Labute approximate surface area is 226 Å². The summed E-state index contributed by atoms with van der Waals surface area (Å²) in [6.07, 6.45) is 0. The van der Waals surface area contributed by atoms with Crippen LogP contribution in [0.2, 0.25) is 0 Å². The molecule has 0 bridgehead atoms. The van der Waals surface area contributed by atoms with E-state index in [1.807, 2.05) is 36.4 Å². The lowest BCUT2D eigenvalue weighted by molar-refractivity contribution is 0.599. The summed E-state index contributed by atoms with van der Waals surface area (Å²) in [4.78, 5) is 9.19. The number of benzene rings is 4. The third kappa shape index (κ3) is 4.86. The normalized spacial score (nSPS) is 12.1. The first-order valence-corrected chi connectivity index (χ1v) is 15.8. The molecule has 38 heavy (non-hydrogen) atoms. The molecular weight excluding hydrogens is 561 g/mol. The highest BCUT2D eigenvalue weighted by Crippen LogP contribution is 2.35. The number of hydrogen-bond donors (Lipinski definition) is 2. The number of anilines is 2. The molecule has 0 aliphatic heterocycles. The van der Waals surface area contributed by atoms with Crippen LogP contribution >= 0.6 is 22.7 Å². The van der Waals surface area contributed by atoms with E-state index in [2.05, 4.69) is 19.4 Å². The minimum Gasteiger partial charge on any atom is -0.255 e. The average Bonchev–Trinajstić information content (AvgIpc) is 3.50. The van der Waals surface area contributed by atoms with Gasteiger partial charge in [-0.25, -0.2) is 26.8 Å². The van der Waals surface area contributed by atoms with Crippen LogP contribution in [0.3, 0.4) is 0 Å². The van der Waals surface area contributed by atoms with E-state index in [1.165, 1.54) is 46.9 Å². The minimum absolute atomic E-state index is 0.170. The van der Waals surface area contributed by atoms with Gasteiger partial charge in [0.2, 0.25) is 0 Å². The van der Waals surface area contributed by atoms with Gasteiger partial charge >= 0.3 is 0 Å². The maximum absolute atomic E-state index is 12.7. The van der Waals surface area contributed by atoms with Crippen LogP contribution in [0.1, 0.15) is 0 Å². The third-order valence-corrected chi connectivity index (χ3v) is 10.5. The maximum atomic E-state index is 12.7. The number of nitrogens with zero attached hydrogens (tertiary/aromatic N) is 2. The lowest BCUT2D eigenvalue weighted by atomic mass is 10.1. The molecule has 2 heterocycles. The zero-order chi connectivity index (χ0) is 26.3. The van der Waals surface area contributed by atoms with E-state index >= 15 is 0 Å². The summed E-state index contributed by atoms with van der Waals surface area (Å²) in [7, 11) is -7.47. The van der Waals surface area contributed by atoms with E-state index in [9.17, 15) is 16.8 Å².